The van der Waals surface area contributed by atoms with E-state index in [0.717, 1.165) is 19.5 Å². The van der Waals surface area contributed by atoms with Crippen molar-refractivity contribution in [2.24, 2.45) is 5.41 Å². The lowest BCUT2D eigenvalue weighted by molar-refractivity contribution is 0.0867. The summed E-state index contributed by atoms with van der Waals surface area (Å²) >= 11 is 0. The van der Waals surface area contributed by atoms with Crippen LogP contribution in [0.15, 0.2) is 12.1 Å². The van der Waals surface area contributed by atoms with Crippen LogP contribution in [0.3, 0.4) is 0 Å². The SMILES string of the molecule is CC1(C)CNCCC1NC(=O)c1cc(F)c(F)c(F)c1. The highest BCUT2D eigenvalue weighted by molar-refractivity contribution is 5.94. The van der Waals surface area contributed by atoms with Crippen molar-refractivity contribution >= 4 is 5.91 Å². The Morgan fingerprint density at radius 1 is 1.30 bits per heavy atom. The zero-order chi connectivity index (χ0) is 14.9. The van der Waals surface area contributed by atoms with Crippen molar-refractivity contribution in [2.75, 3.05) is 13.1 Å². The molecule has 1 aliphatic heterocycles. The van der Waals surface area contributed by atoms with Gasteiger partial charge in [0.15, 0.2) is 17.5 Å². The van der Waals surface area contributed by atoms with Gasteiger partial charge in [-0.1, -0.05) is 13.8 Å². The first-order valence-corrected chi connectivity index (χ1v) is 6.47. The Balaban J connectivity index is 2.16. The van der Waals surface area contributed by atoms with Gasteiger partial charge >= 0.3 is 0 Å². The van der Waals surface area contributed by atoms with Gasteiger partial charge < -0.3 is 10.6 Å². The van der Waals surface area contributed by atoms with E-state index in [0.29, 0.717) is 12.1 Å². The van der Waals surface area contributed by atoms with Gasteiger partial charge in [-0.25, -0.2) is 13.2 Å². The summed E-state index contributed by atoms with van der Waals surface area (Å²) in [4.78, 5) is 12.0. The summed E-state index contributed by atoms with van der Waals surface area (Å²) in [7, 11) is 0. The molecule has 0 radical (unpaired) electrons. The van der Waals surface area contributed by atoms with Crippen LogP contribution in [0, 0.1) is 22.9 Å². The van der Waals surface area contributed by atoms with E-state index in [2.05, 4.69) is 10.6 Å². The van der Waals surface area contributed by atoms with Crippen LogP contribution in [-0.4, -0.2) is 25.0 Å². The van der Waals surface area contributed by atoms with Crippen LogP contribution in [0.25, 0.3) is 0 Å². The number of nitrogens with one attached hydrogen (secondary N) is 2. The molecule has 1 aromatic rings. The summed E-state index contributed by atoms with van der Waals surface area (Å²) < 4.78 is 39.1. The molecule has 110 valence electrons. The number of hydrogen-bond donors (Lipinski definition) is 2. The van der Waals surface area contributed by atoms with E-state index in [1.54, 1.807) is 0 Å². The van der Waals surface area contributed by atoms with Crippen LogP contribution in [0.2, 0.25) is 0 Å². The Hall–Kier alpha value is -1.56. The van der Waals surface area contributed by atoms with Gasteiger partial charge in [-0.15, -0.1) is 0 Å². The standard InChI is InChI=1S/C14H17F3N2O/c1-14(2)7-18-4-3-11(14)19-13(20)8-5-9(15)12(17)10(16)6-8/h5-6,11,18H,3-4,7H2,1-2H3,(H,19,20). The van der Waals surface area contributed by atoms with Gasteiger partial charge in [0.05, 0.1) is 0 Å². The van der Waals surface area contributed by atoms with Crippen molar-refractivity contribution in [3.8, 4) is 0 Å². The predicted octanol–water partition coefficient (Wildman–Crippen LogP) is 2.22. The number of piperidine rings is 1. The Kier molecular flexibility index (Phi) is 4.04. The van der Waals surface area contributed by atoms with Crippen LogP contribution in [0.1, 0.15) is 30.6 Å². The molecule has 2 N–H and O–H groups in total. The summed E-state index contributed by atoms with van der Waals surface area (Å²) in [6.07, 6.45) is 0.727. The Morgan fingerprint density at radius 2 is 1.90 bits per heavy atom. The van der Waals surface area contributed by atoms with Gasteiger partial charge in [-0.3, -0.25) is 4.79 Å². The predicted molar refractivity (Wildman–Crippen MR) is 68.8 cm³/mol. The zero-order valence-electron chi connectivity index (χ0n) is 11.4. The lowest BCUT2D eigenvalue weighted by atomic mass is 9.80. The van der Waals surface area contributed by atoms with Crippen LogP contribution in [0.4, 0.5) is 13.2 Å². The molecule has 1 fully saturated rings. The number of amides is 1. The van der Waals surface area contributed by atoms with Crippen molar-refractivity contribution in [1.29, 1.82) is 0 Å². The number of hydrogen-bond acceptors (Lipinski definition) is 2. The van der Waals surface area contributed by atoms with E-state index in [-0.39, 0.29) is 17.0 Å². The average molecular weight is 286 g/mol. The summed E-state index contributed by atoms with van der Waals surface area (Å²) in [5.41, 5.74) is -0.374. The Labute approximate surface area is 115 Å². The van der Waals surface area contributed by atoms with Gasteiger partial charge in [0.1, 0.15) is 0 Å². The van der Waals surface area contributed by atoms with Gasteiger partial charge in [0.2, 0.25) is 0 Å². The van der Waals surface area contributed by atoms with Crippen LogP contribution in [0.5, 0.6) is 0 Å². The fraction of sp³-hybridized carbons (Fsp3) is 0.500. The second kappa shape index (κ2) is 5.44. The van der Waals surface area contributed by atoms with E-state index >= 15 is 0 Å². The third-order valence-electron chi connectivity index (χ3n) is 3.69. The van der Waals surface area contributed by atoms with Crippen molar-refractivity contribution in [1.82, 2.24) is 10.6 Å². The number of benzene rings is 1. The molecule has 0 saturated carbocycles. The number of carbonyl (C=O) groups excluding carboxylic acids is 1. The average Bonchev–Trinajstić information content (AvgIpc) is 2.37. The molecule has 0 aliphatic carbocycles. The maximum absolute atomic E-state index is 13.1. The molecule has 20 heavy (non-hydrogen) atoms. The molecule has 1 aromatic carbocycles. The van der Waals surface area contributed by atoms with Crippen LogP contribution in [-0.2, 0) is 0 Å². The summed E-state index contributed by atoms with van der Waals surface area (Å²) in [5.74, 6) is -4.88. The minimum atomic E-state index is -1.57. The summed E-state index contributed by atoms with van der Waals surface area (Å²) in [6, 6.07) is 1.32. The van der Waals surface area contributed by atoms with Crippen molar-refractivity contribution in [3.05, 3.63) is 35.1 Å². The van der Waals surface area contributed by atoms with E-state index in [4.69, 9.17) is 0 Å². The van der Waals surface area contributed by atoms with Crippen molar-refractivity contribution in [3.63, 3.8) is 0 Å². The second-order valence-electron chi connectivity index (χ2n) is 5.73. The zero-order valence-corrected chi connectivity index (χ0v) is 11.4. The first kappa shape index (κ1) is 14.8. The summed E-state index contributed by atoms with van der Waals surface area (Å²) in [6.45, 7) is 5.50. The van der Waals surface area contributed by atoms with Crippen LogP contribution < -0.4 is 10.6 Å². The van der Waals surface area contributed by atoms with Crippen LogP contribution >= 0.6 is 0 Å². The van der Waals surface area contributed by atoms with Gasteiger partial charge in [0, 0.05) is 18.2 Å². The molecule has 1 saturated heterocycles. The molecule has 3 nitrogen and oxygen atoms in total. The van der Waals surface area contributed by atoms with E-state index in [9.17, 15) is 18.0 Å². The molecule has 1 amide bonds. The normalized spacial score (nSPS) is 21.6. The molecule has 1 heterocycles. The van der Waals surface area contributed by atoms with E-state index in [1.807, 2.05) is 13.8 Å². The third kappa shape index (κ3) is 2.95. The highest BCUT2D eigenvalue weighted by atomic mass is 19.2. The highest BCUT2D eigenvalue weighted by Crippen LogP contribution is 2.25. The number of carbonyl (C=O) groups is 1. The molecule has 2 rings (SSSR count). The first-order valence-electron chi connectivity index (χ1n) is 6.47. The van der Waals surface area contributed by atoms with Gasteiger partial charge in [0.25, 0.3) is 5.91 Å². The first-order chi connectivity index (χ1) is 9.31. The third-order valence-corrected chi connectivity index (χ3v) is 3.69. The minimum Gasteiger partial charge on any atom is -0.349 e. The molecule has 0 aromatic heterocycles. The monoisotopic (exact) mass is 286 g/mol. The van der Waals surface area contributed by atoms with Gasteiger partial charge in [-0.05, 0) is 30.5 Å². The molecule has 0 spiro atoms. The summed E-state index contributed by atoms with van der Waals surface area (Å²) in [5, 5.41) is 5.99. The molecular weight excluding hydrogens is 269 g/mol. The fourth-order valence-corrected chi connectivity index (χ4v) is 2.37. The molecular formula is C14H17F3N2O. The minimum absolute atomic E-state index is 0.104. The second-order valence-corrected chi connectivity index (χ2v) is 5.73. The number of rotatable bonds is 2. The number of halogens is 3. The lowest BCUT2D eigenvalue weighted by Gasteiger charge is -2.39. The Morgan fingerprint density at radius 3 is 2.45 bits per heavy atom. The lowest BCUT2D eigenvalue weighted by Crippen LogP contribution is -2.54. The largest absolute Gasteiger partial charge is 0.349 e. The molecule has 6 heteroatoms. The van der Waals surface area contributed by atoms with E-state index < -0.39 is 23.4 Å². The fourth-order valence-electron chi connectivity index (χ4n) is 2.37. The quantitative estimate of drug-likeness (QED) is 0.819. The molecule has 0 bridgehead atoms. The molecule has 1 aliphatic rings. The van der Waals surface area contributed by atoms with E-state index in [1.165, 1.54) is 0 Å². The maximum Gasteiger partial charge on any atom is 0.251 e. The highest BCUT2D eigenvalue weighted by Gasteiger charge is 2.33. The smallest absolute Gasteiger partial charge is 0.251 e. The Bertz CT molecular complexity index is 508. The van der Waals surface area contributed by atoms with Crippen molar-refractivity contribution in [2.45, 2.75) is 26.3 Å². The van der Waals surface area contributed by atoms with Crippen molar-refractivity contribution < 1.29 is 18.0 Å². The van der Waals surface area contributed by atoms with Gasteiger partial charge in [-0.2, -0.15) is 0 Å². The molecule has 1 atom stereocenters. The molecule has 1 unspecified atom stereocenters. The topological polar surface area (TPSA) is 41.1 Å². The maximum atomic E-state index is 13.1.